The number of hydrogen-bond donors (Lipinski definition) is 1. The van der Waals surface area contributed by atoms with Crippen molar-refractivity contribution in [1.29, 1.82) is 0 Å². The molecule has 0 aliphatic carbocycles. The van der Waals surface area contributed by atoms with E-state index in [1.54, 1.807) is 11.3 Å². The van der Waals surface area contributed by atoms with Crippen molar-refractivity contribution in [1.82, 2.24) is 15.3 Å². The highest BCUT2D eigenvalue weighted by atomic mass is 32.1. The Bertz CT molecular complexity index is 531. The first-order chi connectivity index (χ1) is 9.46. The summed E-state index contributed by atoms with van der Waals surface area (Å²) in [6.07, 6.45) is 1.84. The first kappa shape index (κ1) is 14.9. The van der Waals surface area contributed by atoms with Gasteiger partial charge in [-0.15, -0.1) is 11.3 Å². The number of rotatable bonds is 5. The first-order valence-corrected chi connectivity index (χ1v) is 7.67. The van der Waals surface area contributed by atoms with Crippen molar-refractivity contribution in [3.05, 3.63) is 40.5 Å². The third-order valence-corrected chi connectivity index (χ3v) is 3.56. The van der Waals surface area contributed by atoms with Crippen molar-refractivity contribution in [2.45, 2.75) is 39.4 Å². The van der Waals surface area contributed by atoms with Crippen LogP contribution in [0.2, 0.25) is 0 Å². The lowest BCUT2D eigenvalue weighted by molar-refractivity contribution is 0.424. The van der Waals surface area contributed by atoms with E-state index in [0.29, 0.717) is 0 Å². The normalized spacial score (nSPS) is 11.6. The van der Waals surface area contributed by atoms with Crippen molar-refractivity contribution in [3.8, 4) is 0 Å². The second kappa shape index (κ2) is 6.33. The minimum Gasteiger partial charge on any atom is -0.353 e. The van der Waals surface area contributed by atoms with E-state index in [0.717, 1.165) is 24.6 Å². The monoisotopic (exact) mass is 290 g/mol. The van der Waals surface area contributed by atoms with Crippen LogP contribution in [0.25, 0.3) is 0 Å². The molecular formula is C15H22N4S. The minimum absolute atomic E-state index is 0.0978. The van der Waals surface area contributed by atoms with E-state index in [4.69, 9.17) is 0 Å². The Labute approximate surface area is 124 Å². The molecule has 2 rings (SSSR count). The fourth-order valence-corrected chi connectivity index (χ4v) is 2.46. The zero-order chi connectivity index (χ0) is 14.6. The molecule has 0 unspecified atom stereocenters. The van der Waals surface area contributed by atoms with Crippen LogP contribution < -0.4 is 10.2 Å². The number of nitrogens with zero attached hydrogens (tertiary/aromatic N) is 3. The van der Waals surface area contributed by atoms with Gasteiger partial charge in [0.25, 0.3) is 0 Å². The van der Waals surface area contributed by atoms with Crippen LogP contribution >= 0.6 is 11.3 Å². The van der Waals surface area contributed by atoms with Crippen molar-refractivity contribution >= 4 is 17.2 Å². The van der Waals surface area contributed by atoms with Gasteiger partial charge in [-0.1, -0.05) is 6.07 Å². The Morgan fingerprint density at radius 3 is 2.75 bits per heavy atom. The van der Waals surface area contributed by atoms with E-state index in [9.17, 15) is 0 Å². The van der Waals surface area contributed by atoms with Crippen molar-refractivity contribution in [2.75, 3.05) is 11.9 Å². The molecule has 0 amide bonds. The van der Waals surface area contributed by atoms with Crippen LogP contribution in [0, 0.1) is 0 Å². The molecule has 0 radical (unpaired) electrons. The third kappa shape index (κ3) is 4.28. The summed E-state index contributed by atoms with van der Waals surface area (Å²) in [7, 11) is 2.06. The summed E-state index contributed by atoms with van der Waals surface area (Å²) >= 11 is 1.62. The average Bonchev–Trinajstić information content (AvgIpc) is 2.88. The maximum Gasteiger partial charge on any atom is 0.133 e. The van der Waals surface area contributed by atoms with Gasteiger partial charge in [-0.2, -0.15) is 0 Å². The molecule has 0 atom stereocenters. The van der Waals surface area contributed by atoms with Gasteiger partial charge in [0, 0.05) is 36.3 Å². The number of pyridine rings is 1. The van der Waals surface area contributed by atoms with E-state index in [-0.39, 0.29) is 5.54 Å². The predicted octanol–water partition coefficient (Wildman–Crippen LogP) is 3.06. The number of hydrogen-bond acceptors (Lipinski definition) is 5. The molecule has 20 heavy (non-hydrogen) atoms. The van der Waals surface area contributed by atoms with Crippen LogP contribution in [-0.4, -0.2) is 22.6 Å². The molecule has 0 spiro atoms. The fourth-order valence-electron chi connectivity index (χ4n) is 1.91. The Morgan fingerprint density at radius 2 is 2.10 bits per heavy atom. The molecule has 2 aromatic rings. The fraction of sp³-hybridized carbons (Fsp3) is 0.467. The lowest BCUT2D eigenvalue weighted by atomic mass is 10.1. The molecule has 108 valence electrons. The molecule has 0 aliphatic rings. The van der Waals surface area contributed by atoms with Crippen LogP contribution in [0.4, 0.5) is 5.82 Å². The highest BCUT2D eigenvalue weighted by molar-refractivity contribution is 7.07. The second-order valence-electron chi connectivity index (χ2n) is 5.93. The summed E-state index contributed by atoms with van der Waals surface area (Å²) in [5, 5.41) is 5.59. The summed E-state index contributed by atoms with van der Waals surface area (Å²) in [6.45, 7) is 8.10. The van der Waals surface area contributed by atoms with E-state index < -0.39 is 0 Å². The Kier molecular flexibility index (Phi) is 4.73. The smallest absolute Gasteiger partial charge is 0.133 e. The van der Waals surface area contributed by atoms with Gasteiger partial charge in [-0.25, -0.2) is 9.97 Å². The zero-order valence-electron chi connectivity index (χ0n) is 12.6. The average molecular weight is 290 g/mol. The predicted molar refractivity (Wildman–Crippen MR) is 85.1 cm³/mol. The lowest BCUT2D eigenvalue weighted by Crippen LogP contribution is -2.35. The van der Waals surface area contributed by atoms with Gasteiger partial charge in [0.05, 0.1) is 17.7 Å². The number of anilines is 1. The summed E-state index contributed by atoms with van der Waals surface area (Å²) in [5.74, 6) is 1.01. The molecule has 0 aliphatic heterocycles. The van der Waals surface area contributed by atoms with E-state index >= 15 is 0 Å². The van der Waals surface area contributed by atoms with Gasteiger partial charge in [-0.3, -0.25) is 0 Å². The number of thiazole rings is 1. The van der Waals surface area contributed by atoms with Gasteiger partial charge in [0.15, 0.2) is 0 Å². The van der Waals surface area contributed by atoms with Crippen molar-refractivity contribution in [2.24, 2.45) is 0 Å². The van der Waals surface area contributed by atoms with Gasteiger partial charge in [0.2, 0.25) is 0 Å². The summed E-state index contributed by atoms with van der Waals surface area (Å²) < 4.78 is 0. The minimum atomic E-state index is 0.0978. The van der Waals surface area contributed by atoms with Crippen LogP contribution in [0.1, 0.15) is 32.0 Å². The van der Waals surface area contributed by atoms with Crippen LogP contribution in [0.3, 0.4) is 0 Å². The van der Waals surface area contributed by atoms with Gasteiger partial charge < -0.3 is 10.2 Å². The molecule has 0 fully saturated rings. The maximum atomic E-state index is 4.52. The Hall–Kier alpha value is -1.46. The zero-order valence-corrected chi connectivity index (χ0v) is 13.4. The lowest BCUT2D eigenvalue weighted by Gasteiger charge is -2.24. The van der Waals surface area contributed by atoms with E-state index in [1.165, 1.54) is 5.56 Å². The molecule has 2 aromatic heterocycles. The highest BCUT2D eigenvalue weighted by Gasteiger charge is 2.13. The standard InChI is InChI=1S/C15H22N4S/c1-15(2,3)18-8-12-6-5-7-16-14(12)19(4)9-13-10-20-11-17-13/h5-7,10-11,18H,8-9H2,1-4H3. The Morgan fingerprint density at radius 1 is 1.30 bits per heavy atom. The van der Waals surface area contributed by atoms with E-state index in [1.807, 2.05) is 17.8 Å². The molecule has 5 heteroatoms. The summed E-state index contributed by atoms with van der Waals surface area (Å²) in [5.41, 5.74) is 4.25. The molecular weight excluding hydrogens is 268 g/mol. The van der Waals surface area contributed by atoms with Crippen molar-refractivity contribution < 1.29 is 0 Å². The third-order valence-electron chi connectivity index (χ3n) is 2.92. The highest BCUT2D eigenvalue weighted by Crippen LogP contribution is 2.18. The second-order valence-corrected chi connectivity index (χ2v) is 6.64. The van der Waals surface area contributed by atoms with Crippen LogP contribution in [-0.2, 0) is 13.1 Å². The number of aromatic nitrogens is 2. The molecule has 0 bridgehead atoms. The topological polar surface area (TPSA) is 41.1 Å². The molecule has 4 nitrogen and oxygen atoms in total. The summed E-state index contributed by atoms with van der Waals surface area (Å²) in [4.78, 5) is 11.0. The van der Waals surface area contributed by atoms with Crippen LogP contribution in [0.5, 0.6) is 0 Å². The number of nitrogens with one attached hydrogen (secondary N) is 1. The summed E-state index contributed by atoms with van der Waals surface area (Å²) in [6, 6.07) is 4.11. The molecule has 0 saturated carbocycles. The SMILES string of the molecule is CN(Cc1cscn1)c1ncccc1CNC(C)(C)C. The van der Waals surface area contributed by atoms with Gasteiger partial charge in [-0.05, 0) is 26.8 Å². The van der Waals surface area contributed by atoms with Gasteiger partial charge in [0.1, 0.15) is 5.82 Å². The molecule has 0 aromatic carbocycles. The largest absolute Gasteiger partial charge is 0.353 e. The maximum absolute atomic E-state index is 4.52. The molecule has 1 N–H and O–H groups in total. The first-order valence-electron chi connectivity index (χ1n) is 6.73. The van der Waals surface area contributed by atoms with E-state index in [2.05, 4.69) is 59.4 Å². The van der Waals surface area contributed by atoms with Crippen LogP contribution in [0.15, 0.2) is 29.2 Å². The van der Waals surface area contributed by atoms with Gasteiger partial charge >= 0.3 is 0 Å². The van der Waals surface area contributed by atoms with Crippen molar-refractivity contribution in [3.63, 3.8) is 0 Å². The molecule has 0 saturated heterocycles. The molecule has 2 heterocycles. The Balaban J connectivity index is 2.10. The quantitative estimate of drug-likeness (QED) is 0.919.